The lowest BCUT2D eigenvalue weighted by molar-refractivity contribution is -0.136. The van der Waals surface area contributed by atoms with Gasteiger partial charge in [0.2, 0.25) is 0 Å². The molecule has 0 bridgehead atoms. The number of methoxy groups -OCH3 is 1. The third-order valence-electron chi connectivity index (χ3n) is 4.37. The summed E-state index contributed by atoms with van der Waals surface area (Å²) >= 11 is 0. The Labute approximate surface area is 146 Å². The smallest absolute Gasteiger partial charge is 0.303 e. The maximum atomic E-state index is 10.8. The van der Waals surface area contributed by atoms with Gasteiger partial charge < -0.3 is 14.4 Å². The number of carbonyl (C=O) groups is 1. The van der Waals surface area contributed by atoms with Crippen LogP contribution in [0.3, 0.4) is 0 Å². The molecule has 0 saturated heterocycles. The van der Waals surface area contributed by atoms with Crippen molar-refractivity contribution in [2.45, 2.75) is 33.2 Å². The van der Waals surface area contributed by atoms with Gasteiger partial charge in [-0.1, -0.05) is 18.2 Å². The molecule has 2 aromatic carbocycles. The Morgan fingerprint density at radius 2 is 2.04 bits per heavy atom. The number of rotatable bonds is 6. The lowest BCUT2D eigenvalue weighted by Gasteiger charge is -2.11. The highest BCUT2D eigenvalue weighted by molar-refractivity contribution is 5.81. The molecule has 1 heterocycles. The van der Waals surface area contributed by atoms with E-state index in [1.165, 1.54) is 5.56 Å². The van der Waals surface area contributed by atoms with Crippen LogP contribution in [-0.2, 0) is 17.8 Å². The predicted octanol–water partition coefficient (Wildman–Crippen LogP) is 4.06. The van der Waals surface area contributed by atoms with Gasteiger partial charge in [-0.2, -0.15) is 0 Å². The zero-order chi connectivity index (χ0) is 18.0. The van der Waals surface area contributed by atoms with Crippen LogP contribution in [0.2, 0.25) is 0 Å². The van der Waals surface area contributed by atoms with Crippen molar-refractivity contribution in [2.75, 3.05) is 7.11 Å². The summed E-state index contributed by atoms with van der Waals surface area (Å²) in [6, 6.07) is 12.1. The van der Waals surface area contributed by atoms with E-state index in [4.69, 9.17) is 14.8 Å². The van der Waals surface area contributed by atoms with E-state index in [0.717, 1.165) is 34.5 Å². The minimum Gasteiger partial charge on any atom is -0.496 e. The monoisotopic (exact) mass is 338 g/mol. The Hall–Kier alpha value is -2.82. The maximum Gasteiger partial charge on any atom is 0.303 e. The van der Waals surface area contributed by atoms with Crippen LogP contribution in [0, 0.1) is 6.92 Å². The van der Waals surface area contributed by atoms with E-state index in [1.54, 1.807) is 7.11 Å². The highest BCUT2D eigenvalue weighted by atomic mass is 16.5. The van der Waals surface area contributed by atoms with E-state index < -0.39 is 5.97 Å². The Morgan fingerprint density at radius 3 is 2.72 bits per heavy atom. The number of ether oxygens (including phenoxy) is 1. The van der Waals surface area contributed by atoms with E-state index in [1.807, 2.05) is 24.3 Å². The van der Waals surface area contributed by atoms with Crippen LogP contribution < -0.4 is 4.74 Å². The first-order valence-corrected chi connectivity index (χ1v) is 8.39. The molecule has 0 fully saturated rings. The molecule has 0 unspecified atom stereocenters. The molecule has 0 saturated carbocycles. The predicted molar refractivity (Wildman–Crippen MR) is 98.1 cm³/mol. The average Bonchev–Trinajstić information content (AvgIpc) is 2.97. The van der Waals surface area contributed by atoms with Gasteiger partial charge >= 0.3 is 5.97 Å². The maximum absolute atomic E-state index is 10.8. The lowest BCUT2D eigenvalue weighted by atomic mass is 10.1. The molecule has 0 aliphatic carbocycles. The topological polar surface area (TPSA) is 64.4 Å². The standard InChI is InChI=1S/C20H22N2O3/c1-4-22-17-11-13(2)5-9-16(17)21-20(22)15-7-6-14(8-10-19(23)24)18(12-15)25-3/h5-7,9,11-12H,4,8,10H2,1-3H3,(H,23,24). The van der Waals surface area contributed by atoms with E-state index in [-0.39, 0.29) is 6.42 Å². The molecule has 3 rings (SSSR count). The molecule has 3 aromatic rings. The number of fused-ring (bicyclic) bond motifs is 1. The molecule has 5 heteroatoms. The third kappa shape index (κ3) is 3.36. The summed E-state index contributed by atoms with van der Waals surface area (Å²) in [5.74, 6) is 0.782. The van der Waals surface area contributed by atoms with Crippen molar-refractivity contribution in [2.24, 2.45) is 0 Å². The van der Waals surface area contributed by atoms with Crippen molar-refractivity contribution in [3.05, 3.63) is 47.5 Å². The Kier molecular flexibility index (Phi) is 4.74. The molecule has 5 nitrogen and oxygen atoms in total. The van der Waals surface area contributed by atoms with E-state index in [0.29, 0.717) is 12.2 Å². The molecule has 1 aromatic heterocycles. The number of aliphatic carboxylic acids is 1. The van der Waals surface area contributed by atoms with Crippen molar-refractivity contribution < 1.29 is 14.6 Å². The summed E-state index contributed by atoms with van der Waals surface area (Å²) in [5.41, 5.74) is 5.15. The van der Waals surface area contributed by atoms with Crippen molar-refractivity contribution in [3.63, 3.8) is 0 Å². The molecule has 0 aliphatic rings. The minimum absolute atomic E-state index is 0.0858. The van der Waals surface area contributed by atoms with Gasteiger partial charge in [0.15, 0.2) is 0 Å². The summed E-state index contributed by atoms with van der Waals surface area (Å²) in [4.78, 5) is 15.6. The van der Waals surface area contributed by atoms with Crippen molar-refractivity contribution in [1.29, 1.82) is 0 Å². The molecule has 0 spiro atoms. The van der Waals surface area contributed by atoms with Crippen LogP contribution in [-0.4, -0.2) is 27.7 Å². The third-order valence-corrected chi connectivity index (χ3v) is 4.37. The zero-order valence-electron chi connectivity index (χ0n) is 14.7. The van der Waals surface area contributed by atoms with Gasteiger partial charge in [0, 0.05) is 18.5 Å². The number of carboxylic acids is 1. The van der Waals surface area contributed by atoms with E-state index in [9.17, 15) is 4.79 Å². The highest BCUT2D eigenvalue weighted by Gasteiger charge is 2.14. The number of aromatic nitrogens is 2. The summed E-state index contributed by atoms with van der Waals surface area (Å²) in [6.45, 7) is 5.00. The first-order chi connectivity index (χ1) is 12.0. The van der Waals surface area contributed by atoms with E-state index >= 15 is 0 Å². The first-order valence-electron chi connectivity index (χ1n) is 8.39. The average molecular weight is 338 g/mol. The second kappa shape index (κ2) is 6.97. The van der Waals surface area contributed by atoms with Gasteiger partial charge in [0.25, 0.3) is 0 Å². The molecular formula is C20H22N2O3. The largest absolute Gasteiger partial charge is 0.496 e. The molecule has 1 N–H and O–H groups in total. The number of imidazole rings is 1. The Bertz CT molecular complexity index is 928. The zero-order valence-corrected chi connectivity index (χ0v) is 14.7. The van der Waals surface area contributed by atoms with E-state index in [2.05, 4.69) is 30.5 Å². The molecular weight excluding hydrogens is 316 g/mol. The van der Waals surface area contributed by atoms with Gasteiger partial charge in [-0.3, -0.25) is 4.79 Å². The number of aryl methyl sites for hydroxylation is 3. The fourth-order valence-electron chi connectivity index (χ4n) is 3.11. The van der Waals surface area contributed by atoms with Gasteiger partial charge in [0.05, 0.1) is 18.1 Å². The van der Waals surface area contributed by atoms with Crippen molar-refractivity contribution in [1.82, 2.24) is 9.55 Å². The fraction of sp³-hybridized carbons (Fsp3) is 0.300. The number of hydrogen-bond donors (Lipinski definition) is 1. The molecule has 0 aliphatic heterocycles. The number of benzene rings is 2. The second-order valence-corrected chi connectivity index (χ2v) is 6.09. The van der Waals surface area contributed by atoms with Crippen LogP contribution in [0.25, 0.3) is 22.4 Å². The van der Waals surface area contributed by atoms with Crippen LogP contribution >= 0.6 is 0 Å². The first kappa shape index (κ1) is 17.0. The molecule has 0 amide bonds. The van der Waals surface area contributed by atoms with Crippen LogP contribution in [0.1, 0.15) is 24.5 Å². The summed E-state index contributed by atoms with van der Waals surface area (Å²) < 4.78 is 7.67. The molecule has 130 valence electrons. The molecule has 25 heavy (non-hydrogen) atoms. The lowest BCUT2D eigenvalue weighted by Crippen LogP contribution is -2.01. The Morgan fingerprint density at radius 1 is 1.24 bits per heavy atom. The van der Waals surface area contributed by atoms with Gasteiger partial charge in [-0.25, -0.2) is 4.98 Å². The Balaban J connectivity index is 2.07. The number of hydrogen-bond acceptors (Lipinski definition) is 3. The van der Waals surface area contributed by atoms with Crippen LogP contribution in [0.4, 0.5) is 0 Å². The molecule has 0 atom stereocenters. The highest BCUT2D eigenvalue weighted by Crippen LogP contribution is 2.30. The van der Waals surface area contributed by atoms with Gasteiger partial charge in [-0.15, -0.1) is 0 Å². The SMILES string of the molecule is CCn1c(-c2ccc(CCC(=O)O)c(OC)c2)nc2ccc(C)cc21. The minimum atomic E-state index is -0.811. The van der Waals surface area contributed by atoms with Crippen LogP contribution in [0.5, 0.6) is 5.75 Å². The number of nitrogens with zero attached hydrogens (tertiary/aromatic N) is 2. The summed E-state index contributed by atoms with van der Waals surface area (Å²) in [5, 5.41) is 8.89. The van der Waals surface area contributed by atoms with Gasteiger partial charge in [0.1, 0.15) is 11.6 Å². The van der Waals surface area contributed by atoms with Crippen molar-refractivity contribution in [3.8, 4) is 17.1 Å². The number of carboxylic acid groups (broad SMARTS) is 1. The second-order valence-electron chi connectivity index (χ2n) is 6.09. The summed E-state index contributed by atoms with van der Waals surface area (Å²) in [7, 11) is 1.61. The quantitative estimate of drug-likeness (QED) is 0.736. The van der Waals surface area contributed by atoms with Crippen LogP contribution in [0.15, 0.2) is 36.4 Å². The fourth-order valence-corrected chi connectivity index (χ4v) is 3.11. The molecule has 0 radical (unpaired) electrons. The van der Waals surface area contributed by atoms with Gasteiger partial charge in [-0.05, 0) is 49.6 Å². The van der Waals surface area contributed by atoms with Crippen molar-refractivity contribution >= 4 is 17.0 Å². The normalized spacial score (nSPS) is 11.0. The summed E-state index contributed by atoms with van der Waals surface area (Å²) in [6.07, 6.45) is 0.532.